The molecule has 0 amide bonds. The van der Waals surface area contributed by atoms with E-state index >= 15 is 0 Å². The van der Waals surface area contributed by atoms with Crippen LogP contribution in [0.15, 0.2) is 17.4 Å². The third-order valence-corrected chi connectivity index (χ3v) is 1.21. The molecule has 0 spiro atoms. The highest BCUT2D eigenvalue weighted by Crippen LogP contribution is 1.96. The fraction of sp³-hybridized carbons (Fsp3) is 0.333. The van der Waals surface area contributed by atoms with Gasteiger partial charge in [-0.25, -0.2) is 4.99 Å². The Balaban J connectivity index is 2.66. The molecule has 0 aliphatic carbocycles. The SMILES string of the molecule is Cn1cc(CN=C=S)cn1. The molecule has 0 atom stereocenters. The lowest BCUT2D eigenvalue weighted by Crippen LogP contribution is -1.84. The Bertz CT molecular complexity index is 260. The Hall–Kier alpha value is -0.990. The fourth-order valence-corrected chi connectivity index (χ4v) is 0.742. The summed E-state index contributed by atoms with van der Waals surface area (Å²) in [5.41, 5.74) is 1.06. The van der Waals surface area contributed by atoms with Crippen LogP contribution in [-0.4, -0.2) is 14.9 Å². The summed E-state index contributed by atoms with van der Waals surface area (Å²) in [6.07, 6.45) is 3.66. The minimum Gasteiger partial charge on any atom is -0.275 e. The lowest BCUT2D eigenvalue weighted by atomic mass is 10.4. The molecule has 0 fully saturated rings. The van der Waals surface area contributed by atoms with E-state index in [-0.39, 0.29) is 0 Å². The van der Waals surface area contributed by atoms with Gasteiger partial charge in [0.15, 0.2) is 0 Å². The van der Waals surface area contributed by atoms with Crippen LogP contribution in [0.25, 0.3) is 0 Å². The van der Waals surface area contributed by atoms with E-state index in [1.54, 1.807) is 10.9 Å². The van der Waals surface area contributed by atoms with Crippen LogP contribution in [0.4, 0.5) is 0 Å². The first kappa shape index (κ1) is 7.12. The van der Waals surface area contributed by atoms with Gasteiger partial charge in [-0.05, 0) is 12.2 Å². The van der Waals surface area contributed by atoms with Gasteiger partial charge in [0.25, 0.3) is 0 Å². The van der Waals surface area contributed by atoms with Gasteiger partial charge in [-0.2, -0.15) is 5.10 Å². The van der Waals surface area contributed by atoms with Crippen LogP contribution in [0, 0.1) is 0 Å². The van der Waals surface area contributed by atoms with Gasteiger partial charge >= 0.3 is 0 Å². The van der Waals surface area contributed by atoms with Crippen LogP contribution in [0.5, 0.6) is 0 Å². The maximum absolute atomic E-state index is 4.41. The van der Waals surface area contributed by atoms with E-state index in [4.69, 9.17) is 0 Å². The van der Waals surface area contributed by atoms with Crippen LogP contribution in [0.2, 0.25) is 0 Å². The number of thiocarbonyl (C=S) groups is 1. The first-order chi connectivity index (χ1) is 4.83. The van der Waals surface area contributed by atoms with Crippen LogP contribution < -0.4 is 0 Å². The zero-order valence-electron chi connectivity index (χ0n) is 5.61. The molecule has 4 heteroatoms. The smallest absolute Gasteiger partial charge is 0.0773 e. The fourth-order valence-electron chi connectivity index (χ4n) is 0.677. The average molecular weight is 153 g/mol. The average Bonchev–Trinajstić information content (AvgIpc) is 2.31. The topological polar surface area (TPSA) is 30.2 Å². The summed E-state index contributed by atoms with van der Waals surface area (Å²) in [4.78, 5) is 3.77. The molecule has 0 unspecified atom stereocenters. The summed E-state index contributed by atoms with van der Waals surface area (Å²) in [5.74, 6) is 0. The molecule has 0 saturated carbocycles. The summed E-state index contributed by atoms with van der Waals surface area (Å²) in [5, 5.41) is 6.26. The zero-order chi connectivity index (χ0) is 7.40. The van der Waals surface area contributed by atoms with Crippen molar-refractivity contribution in [1.29, 1.82) is 0 Å². The normalized spacial score (nSPS) is 8.90. The van der Waals surface area contributed by atoms with Crippen molar-refractivity contribution in [2.24, 2.45) is 12.0 Å². The summed E-state index contributed by atoms with van der Waals surface area (Å²) in [6.45, 7) is 0.581. The molecule has 1 heterocycles. The Morgan fingerprint density at radius 3 is 3.20 bits per heavy atom. The van der Waals surface area contributed by atoms with Crippen LogP contribution in [-0.2, 0) is 13.6 Å². The molecule has 1 aromatic rings. The van der Waals surface area contributed by atoms with Gasteiger partial charge in [0.1, 0.15) is 0 Å². The van der Waals surface area contributed by atoms with E-state index in [9.17, 15) is 0 Å². The van der Waals surface area contributed by atoms with E-state index in [2.05, 4.69) is 27.5 Å². The molecule has 0 N–H and O–H groups in total. The van der Waals surface area contributed by atoms with Gasteiger partial charge in [0.05, 0.1) is 17.9 Å². The zero-order valence-corrected chi connectivity index (χ0v) is 6.43. The minimum absolute atomic E-state index is 0.581. The van der Waals surface area contributed by atoms with Gasteiger partial charge in [0.2, 0.25) is 0 Å². The molecule has 0 bridgehead atoms. The summed E-state index contributed by atoms with van der Waals surface area (Å²) < 4.78 is 1.73. The maximum atomic E-state index is 4.41. The van der Waals surface area contributed by atoms with Crippen molar-refractivity contribution >= 4 is 17.4 Å². The van der Waals surface area contributed by atoms with Gasteiger partial charge in [-0.1, -0.05) is 0 Å². The number of hydrogen-bond donors (Lipinski definition) is 0. The largest absolute Gasteiger partial charge is 0.275 e. The van der Waals surface area contributed by atoms with E-state index in [0.717, 1.165) is 5.56 Å². The second-order valence-corrected chi connectivity index (χ2v) is 2.11. The second kappa shape index (κ2) is 3.25. The van der Waals surface area contributed by atoms with Crippen LogP contribution >= 0.6 is 12.2 Å². The van der Waals surface area contributed by atoms with Gasteiger partial charge in [-0.15, -0.1) is 0 Å². The van der Waals surface area contributed by atoms with Crippen LogP contribution in [0.3, 0.4) is 0 Å². The Morgan fingerprint density at radius 1 is 1.90 bits per heavy atom. The van der Waals surface area contributed by atoms with E-state index in [1.807, 2.05) is 13.2 Å². The molecule has 3 nitrogen and oxygen atoms in total. The lowest BCUT2D eigenvalue weighted by molar-refractivity contribution is 0.767. The highest BCUT2D eigenvalue weighted by molar-refractivity contribution is 7.78. The molecule has 0 radical (unpaired) electrons. The molecule has 52 valence electrons. The Kier molecular flexibility index (Phi) is 2.31. The highest BCUT2D eigenvalue weighted by Gasteiger charge is 1.91. The first-order valence-corrected chi connectivity index (χ1v) is 3.25. The van der Waals surface area contributed by atoms with Crippen molar-refractivity contribution in [1.82, 2.24) is 9.78 Å². The van der Waals surface area contributed by atoms with Crippen molar-refractivity contribution in [3.63, 3.8) is 0 Å². The van der Waals surface area contributed by atoms with Gasteiger partial charge < -0.3 is 0 Å². The molecule has 10 heavy (non-hydrogen) atoms. The molecule has 0 aromatic carbocycles. The first-order valence-electron chi connectivity index (χ1n) is 2.84. The number of aromatic nitrogens is 2. The molecule has 0 aliphatic rings. The van der Waals surface area contributed by atoms with Gasteiger partial charge in [-0.3, -0.25) is 4.68 Å². The van der Waals surface area contributed by atoms with Crippen molar-refractivity contribution in [2.45, 2.75) is 6.54 Å². The van der Waals surface area contributed by atoms with Crippen molar-refractivity contribution in [3.8, 4) is 0 Å². The van der Waals surface area contributed by atoms with Gasteiger partial charge in [0, 0.05) is 18.8 Å². The number of aryl methyl sites for hydroxylation is 1. The monoisotopic (exact) mass is 153 g/mol. The summed E-state index contributed by atoms with van der Waals surface area (Å²) in [7, 11) is 1.87. The number of rotatable bonds is 2. The van der Waals surface area contributed by atoms with Crippen molar-refractivity contribution in [3.05, 3.63) is 18.0 Å². The van der Waals surface area contributed by atoms with E-state index < -0.39 is 0 Å². The lowest BCUT2D eigenvalue weighted by Gasteiger charge is -1.82. The van der Waals surface area contributed by atoms with Crippen LogP contribution in [0.1, 0.15) is 5.56 Å². The number of hydrogen-bond acceptors (Lipinski definition) is 3. The summed E-state index contributed by atoms with van der Waals surface area (Å²) >= 11 is 4.41. The molecular weight excluding hydrogens is 146 g/mol. The standard InChI is InChI=1S/C6H7N3S/c1-9-4-6(3-8-9)2-7-5-10/h3-4H,2H2,1H3. The molecule has 0 saturated heterocycles. The third-order valence-electron chi connectivity index (χ3n) is 1.08. The number of isothiocyanates is 1. The van der Waals surface area contributed by atoms with E-state index in [1.165, 1.54) is 0 Å². The molecule has 1 rings (SSSR count). The summed E-state index contributed by atoms with van der Waals surface area (Å²) in [6, 6.07) is 0. The molecule has 1 aromatic heterocycles. The minimum atomic E-state index is 0.581. The van der Waals surface area contributed by atoms with Crippen molar-refractivity contribution < 1.29 is 0 Å². The Morgan fingerprint density at radius 2 is 2.70 bits per heavy atom. The Labute approximate surface area is 64.4 Å². The molecular formula is C6H7N3S. The number of aliphatic imine (C=N–C) groups is 1. The third kappa shape index (κ3) is 1.76. The van der Waals surface area contributed by atoms with Crippen molar-refractivity contribution in [2.75, 3.05) is 0 Å². The highest BCUT2D eigenvalue weighted by atomic mass is 32.1. The predicted octanol–water partition coefficient (Wildman–Crippen LogP) is 1.02. The van der Waals surface area contributed by atoms with E-state index in [0.29, 0.717) is 6.54 Å². The number of nitrogens with zero attached hydrogens (tertiary/aromatic N) is 3. The predicted molar refractivity (Wildman–Crippen MR) is 41.9 cm³/mol. The quantitative estimate of drug-likeness (QED) is 0.469. The second-order valence-electron chi connectivity index (χ2n) is 1.93. The maximum Gasteiger partial charge on any atom is 0.0773 e. The molecule has 0 aliphatic heterocycles.